The lowest BCUT2D eigenvalue weighted by molar-refractivity contribution is 0.104. The van der Waals surface area contributed by atoms with Crippen LogP contribution < -0.4 is 10.6 Å². The highest BCUT2D eigenvalue weighted by Gasteiger charge is 2.18. The van der Waals surface area contributed by atoms with Gasteiger partial charge in [0.25, 0.3) is 0 Å². The number of nitrogens with zero attached hydrogens (tertiary/aromatic N) is 1. The molecule has 0 spiro atoms. The number of carbonyl (C=O) groups excluding carboxylic acids is 1. The normalized spacial score (nSPS) is 10.5. The molecule has 2 rings (SSSR count). The van der Waals surface area contributed by atoms with E-state index in [-0.39, 0.29) is 5.78 Å². The first-order valence-corrected chi connectivity index (χ1v) is 9.09. The maximum atomic E-state index is 12.7. The highest BCUT2D eigenvalue weighted by atomic mass is 32.1. The first-order chi connectivity index (χ1) is 12.0. The van der Waals surface area contributed by atoms with Gasteiger partial charge >= 0.3 is 6.09 Å². The lowest BCUT2D eigenvalue weighted by Gasteiger charge is -2.03. The number of carboxylic acid groups (broad SMARTS) is 1. The van der Waals surface area contributed by atoms with Gasteiger partial charge in [0, 0.05) is 18.7 Å². The molecule has 0 saturated heterocycles. The number of hydrogen-bond donors (Lipinski definition) is 3. The predicted molar refractivity (Wildman–Crippen MR) is 99.8 cm³/mol. The van der Waals surface area contributed by atoms with Crippen molar-refractivity contribution in [1.29, 1.82) is 0 Å². The minimum absolute atomic E-state index is 0.0147. The van der Waals surface area contributed by atoms with Crippen LogP contribution in [0.15, 0.2) is 24.3 Å². The van der Waals surface area contributed by atoms with Crippen molar-refractivity contribution in [2.75, 3.05) is 18.4 Å². The fourth-order valence-electron chi connectivity index (χ4n) is 2.45. The Hall–Kier alpha value is -2.41. The summed E-state index contributed by atoms with van der Waals surface area (Å²) in [6.45, 7) is 5.01. The molecule has 0 aliphatic rings. The summed E-state index contributed by atoms with van der Waals surface area (Å²) < 4.78 is 0. The Morgan fingerprint density at radius 1 is 1.12 bits per heavy atom. The number of aryl methyl sites for hydroxylation is 2. The zero-order chi connectivity index (χ0) is 18.2. The zero-order valence-electron chi connectivity index (χ0n) is 14.5. The van der Waals surface area contributed by atoms with Crippen LogP contribution in [0.25, 0.3) is 0 Å². The molecule has 0 atom stereocenters. The molecule has 1 aromatic heterocycles. The van der Waals surface area contributed by atoms with E-state index in [1.807, 2.05) is 38.1 Å². The topological polar surface area (TPSA) is 91.3 Å². The molecule has 2 aromatic rings. The van der Waals surface area contributed by atoms with Gasteiger partial charge in [0.05, 0.1) is 10.6 Å². The van der Waals surface area contributed by atoms with E-state index in [0.29, 0.717) is 17.0 Å². The zero-order valence-corrected chi connectivity index (χ0v) is 15.3. The highest BCUT2D eigenvalue weighted by molar-refractivity contribution is 7.17. The van der Waals surface area contributed by atoms with Crippen molar-refractivity contribution in [3.05, 3.63) is 46.0 Å². The van der Waals surface area contributed by atoms with Gasteiger partial charge in [-0.25, -0.2) is 9.78 Å². The number of thiazole rings is 1. The Morgan fingerprint density at radius 2 is 1.84 bits per heavy atom. The molecule has 25 heavy (non-hydrogen) atoms. The van der Waals surface area contributed by atoms with E-state index in [9.17, 15) is 9.59 Å². The van der Waals surface area contributed by atoms with Crippen molar-refractivity contribution in [3.63, 3.8) is 0 Å². The Labute approximate surface area is 151 Å². The van der Waals surface area contributed by atoms with E-state index in [1.54, 1.807) is 0 Å². The predicted octanol–water partition coefficient (Wildman–Crippen LogP) is 3.84. The molecule has 1 aromatic carbocycles. The van der Waals surface area contributed by atoms with Crippen LogP contribution >= 0.6 is 11.3 Å². The minimum atomic E-state index is -0.984. The number of anilines is 1. The molecule has 0 saturated carbocycles. The summed E-state index contributed by atoms with van der Waals surface area (Å²) in [7, 11) is 0. The van der Waals surface area contributed by atoms with Gasteiger partial charge in [-0.3, -0.25) is 4.79 Å². The summed E-state index contributed by atoms with van der Waals surface area (Å²) in [6, 6.07) is 7.57. The third-order valence-corrected chi connectivity index (χ3v) is 4.91. The molecular formula is C18H23N3O3S. The third-order valence-electron chi connectivity index (χ3n) is 3.80. The third kappa shape index (κ3) is 5.56. The van der Waals surface area contributed by atoms with Crippen molar-refractivity contribution < 1.29 is 14.7 Å². The second kappa shape index (κ2) is 9.17. The Kier molecular flexibility index (Phi) is 6.94. The van der Waals surface area contributed by atoms with Crippen LogP contribution in [-0.4, -0.2) is 35.1 Å². The van der Waals surface area contributed by atoms with E-state index in [1.165, 1.54) is 11.3 Å². The fraction of sp³-hybridized carbons (Fsp3) is 0.389. The molecule has 7 heteroatoms. The molecule has 3 N–H and O–H groups in total. The molecule has 0 aliphatic heterocycles. The first-order valence-electron chi connectivity index (χ1n) is 8.27. The SMILES string of the molecule is Cc1ccccc1C(=O)c1sc(NCCCCCNC(=O)O)nc1C. The van der Waals surface area contributed by atoms with Crippen LogP contribution in [0.3, 0.4) is 0 Å². The van der Waals surface area contributed by atoms with E-state index >= 15 is 0 Å². The molecule has 0 radical (unpaired) electrons. The number of carbonyl (C=O) groups is 2. The van der Waals surface area contributed by atoms with Gasteiger partial charge in [-0.2, -0.15) is 0 Å². The summed E-state index contributed by atoms with van der Waals surface area (Å²) in [5, 5.41) is 14.8. The van der Waals surface area contributed by atoms with Gasteiger partial charge in [0.1, 0.15) is 0 Å². The van der Waals surface area contributed by atoms with E-state index in [4.69, 9.17) is 5.11 Å². The number of benzene rings is 1. The summed E-state index contributed by atoms with van der Waals surface area (Å²) in [4.78, 5) is 28.1. The van der Waals surface area contributed by atoms with Crippen LogP contribution in [0.2, 0.25) is 0 Å². The molecule has 0 fully saturated rings. The lowest BCUT2D eigenvalue weighted by atomic mass is 10.0. The van der Waals surface area contributed by atoms with Gasteiger partial charge in [0.15, 0.2) is 5.13 Å². The standard InChI is InChI=1S/C18H23N3O3S/c1-12-8-4-5-9-14(12)15(22)16-13(2)21-17(25-16)19-10-6-3-7-11-20-18(23)24/h4-5,8-9,20H,3,6-7,10-11H2,1-2H3,(H,19,21)(H,23,24). The second-order valence-electron chi connectivity index (χ2n) is 5.80. The second-order valence-corrected chi connectivity index (χ2v) is 6.80. The number of nitrogens with one attached hydrogen (secondary N) is 2. The van der Waals surface area contributed by atoms with Crippen LogP contribution in [0.5, 0.6) is 0 Å². The number of ketones is 1. The average molecular weight is 361 g/mol. The van der Waals surface area contributed by atoms with Crippen LogP contribution in [0.1, 0.15) is 45.8 Å². The smallest absolute Gasteiger partial charge is 0.404 e. The number of amides is 1. The molecule has 0 bridgehead atoms. The molecule has 134 valence electrons. The summed E-state index contributed by atoms with van der Waals surface area (Å²) in [5.41, 5.74) is 2.42. The highest BCUT2D eigenvalue weighted by Crippen LogP contribution is 2.26. The Bertz CT molecular complexity index is 743. The van der Waals surface area contributed by atoms with E-state index < -0.39 is 6.09 Å². The summed E-state index contributed by atoms with van der Waals surface area (Å²) in [5.74, 6) is 0.0147. The molecule has 6 nitrogen and oxygen atoms in total. The maximum Gasteiger partial charge on any atom is 0.404 e. The molecule has 1 heterocycles. The average Bonchev–Trinajstić information content (AvgIpc) is 2.94. The van der Waals surface area contributed by atoms with Crippen LogP contribution in [0.4, 0.5) is 9.93 Å². The number of aromatic nitrogens is 1. The van der Waals surface area contributed by atoms with Crippen molar-refractivity contribution in [3.8, 4) is 0 Å². The van der Waals surface area contributed by atoms with Gasteiger partial charge < -0.3 is 15.7 Å². The summed E-state index contributed by atoms with van der Waals surface area (Å²) >= 11 is 1.38. The minimum Gasteiger partial charge on any atom is -0.465 e. The number of unbranched alkanes of at least 4 members (excludes halogenated alkanes) is 2. The fourth-order valence-corrected chi connectivity index (χ4v) is 3.40. The lowest BCUT2D eigenvalue weighted by Crippen LogP contribution is -2.21. The van der Waals surface area contributed by atoms with Gasteiger partial charge in [-0.1, -0.05) is 35.6 Å². The number of rotatable bonds is 9. The summed E-state index contributed by atoms with van der Waals surface area (Å²) in [6.07, 6.45) is 1.66. The Morgan fingerprint density at radius 3 is 2.56 bits per heavy atom. The number of hydrogen-bond acceptors (Lipinski definition) is 5. The van der Waals surface area contributed by atoms with Crippen molar-refractivity contribution in [2.24, 2.45) is 0 Å². The van der Waals surface area contributed by atoms with E-state index in [0.717, 1.165) is 42.2 Å². The van der Waals surface area contributed by atoms with Crippen molar-refractivity contribution in [1.82, 2.24) is 10.3 Å². The van der Waals surface area contributed by atoms with Crippen molar-refractivity contribution in [2.45, 2.75) is 33.1 Å². The molecule has 0 unspecified atom stereocenters. The monoisotopic (exact) mass is 361 g/mol. The van der Waals surface area contributed by atoms with Gasteiger partial charge in [-0.05, 0) is 38.7 Å². The van der Waals surface area contributed by atoms with Gasteiger partial charge in [0.2, 0.25) is 5.78 Å². The van der Waals surface area contributed by atoms with Gasteiger partial charge in [-0.15, -0.1) is 0 Å². The van der Waals surface area contributed by atoms with Crippen LogP contribution in [-0.2, 0) is 0 Å². The molecule has 0 aliphatic carbocycles. The molecular weight excluding hydrogens is 338 g/mol. The molecule has 1 amide bonds. The van der Waals surface area contributed by atoms with Crippen LogP contribution in [0, 0.1) is 13.8 Å². The van der Waals surface area contributed by atoms with E-state index in [2.05, 4.69) is 15.6 Å². The maximum absolute atomic E-state index is 12.7. The Balaban J connectivity index is 1.85. The van der Waals surface area contributed by atoms with Crippen molar-refractivity contribution >= 4 is 28.3 Å². The quantitative estimate of drug-likeness (QED) is 0.466. The largest absolute Gasteiger partial charge is 0.465 e. The first kappa shape index (κ1) is 18.9.